The Morgan fingerprint density at radius 3 is 2.63 bits per heavy atom. The predicted molar refractivity (Wildman–Crippen MR) is 125 cm³/mol. The third kappa shape index (κ3) is 4.54. The van der Waals surface area contributed by atoms with Crippen LogP contribution in [0.4, 0.5) is 11.4 Å². The van der Waals surface area contributed by atoms with Crippen molar-refractivity contribution < 1.29 is 4.79 Å². The van der Waals surface area contributed by atoms with Gasteiger partial charge in [-0.25, -0.2) is 0 Å². The van der Waals surface area contributed by atoms with Crippen molar-refractivity contribution in [2.75, 3.05) is 43.4 Å². The van der Waals surface area contributed by atoms with Gasteiger partial charge in [0.15, 0.2) is 0 Å². The molecule has 2 N–H and O–H groups in total. The molecule has 0 atom stereocenters. The van der Waals surface area contributed by atoms with Crippen LogP contribution >= 0.6 is 0 Å². The summed E-state index contributed by atoms with van der Waals surface area (Å²) in [6, 6.07) is 14.4. The van der Waals surface area contributed by atoms with Crippen molar-refractivity contribution in [3.8, 4) is 0 Å². The molecule has 1 aliphatic heterocycles. The van der Waals surface area contributed by atoms with Crippen LogP contribution in [0, 0.1) is 0 Å². The van der Waals surface area contributed by atoms with E-state index in [4.69, 9.17) is 0 Å². The minimum absolute atomic E-state index is 0.0529. The molecule has 1 saturated heterocycles. The fourth-order valence-electron chi connectivity index (χ4n) is 3.79. The number of H-pyrrole nitrogens is 1. The molecule has 156 valence electrons. The van der Waals surface area contributed by atoms with E-state index < -0.39 is 0 Å². The standard InChI is InChI=1S/C24H29N5O/c1-3-7-24(30)25-22-16-19-20(11-10-18-8-5-4-6-9-18)26-27-21(19)17-23(22)29-14-12-28(2)13-15-29/h4-6,8-11,16-17H,3,7,12-15H2,1-2H3,(H,25,30)(H,26,27). The third-order valence-electron chi connectivity index (χ3n) is 5.54. The number of amides is 1. The van der Waals surface area contributed by atoms with E-state index >= 15 is 0 Å². The maximum atomic E-state index is 12.4. The number of rotatable bonds is 6. The molecule has 0 saturated carbocycles. The third-order valence-corrected chi connectivity index (χ3v) is 5.54. The van der Waals surface area contributed by atoms with Crippen LogP contribution in [0.1, 0.15) is 31.0 Å². The Morgan fingerprint density at radius 2 is 1.90 bits per heavy atom. The van der Waals surface area contributed by atoms with E-state index in [1.807, 2.05) is 31.2 Å². The number of nitrogens with one attached hydrogen (secondary N) is 2. The molecule has 0 radical (unpaired) electrons. The van der Waals surface area contributed by atoms with Crippen LogP contribution in [0.15, 0.2) is 42.5 Å². The number of piperazine rings is 1. The van der Waals surface area contributed by atoms with Gasteiger partial charge in [-0.2, -0.15) is 5.10 Å². The van der Waals surface area contributed by atoms with Gasteiger partial charge >= 0.3 is 0 Å². The largest absolute Gasteiger partial charge is 0.367 e. The van der Waals surface area contributed by atoms with Crippen LogP contribution in [0.3, 0.4) is 0 Å². The molecule has 1 aromatic heterocycles. The van der Waals surface area contributed by atoms with Crippen molar-refractivity contribution in [1.29, 1.82) is 0 Å². The first kappa shape index (κ1) is 20.2. The zero-order chi connectivity index (χ0) is 20.9. The topological polar surface area (TPSA) is 64.3 Å². The number of nitrogens with zero attached hydrogens (tertiary/aromatic N) is 3. The van der Waals surface area contributed by atoms with Gasteiger partial charge in [-0.05, 0) is 37.2 Å². The van der Waals surface area contributed by atoms with E-state index in [9.17, 15) is 4.79 Å². The Morgan fingerprint density at radius 1 is 1.13 bits per heavy atom. The zero-order valence-corrected chi connectivity index (χ0v) is 17.7. The lowest BCUT2D eigenvalue weighted by molar-refractivity contribution is -0.116. The predicted octanol–water partition coefficient (Wildman–Crippen LogP) is 4.22. The molecular weight excluding hydrogens is 374 g/mol. The second-order valence-corrected chi connectivity index (χ2v) is 7.86. The highest BCUT2D eigenvalue weighted by molar-refractivity contribution is 6.01. The van der Waals surface area contributed by atoms with Crippen molar-refractivity contribution in [2.45, 2.75) is 19.8 Å². The van der Waals surface area contributed by atoms with E-state index in [1.54, 1.807) is 0 Å². The van der Waals surface area contributed by atoms with Crippen LogP contribution < -0.4 is 10.2 Å². The maximum absolute atomic E-state index is 12.4. The SMILES string of the molecule is CCCC(=O)Nc1cc2c(C=Cc3ccccc3)n[nH]c2cc1N1CCN(C)CC1. The van der Waals surface area contributed by atoms with Crippen LogP contribution in [0.2, 0.25) is 0 Å². The summed E-state index contributed by atoms with van der Waals surface area (Å²) in [7, 11) is 2.14. The lowest BCUT2D eigenvalue weighted by Crippen LogP contribution is -2.44. The molecule has 0 spiro atoms. The number of carbonyl (C=O) groups is 1. The van der Waals surface area contributed by atoms with E-state index in [-0.39, 0.29) is 5.91 Å². The molecule has 2 heterocycles. The second kappa shape index (κ2) is 9.13. The molecule has 6 heteroatoms. The number of likely N-dealkylation sites (N-methyl/N-ethyl adjacent to an activating group) is 1. The van der Waals surface area contributed by atoms with Crippen molar-refractivity contribution in [3.63, 3.8) is 0 Å². The molecule has 30 heavy (non-hydrogen) atoms. The van der Waals surface area contributed by atoms with Crippen molar-refractivity contribution in [1.82, 2.24) is 15.1 Å². The van der Waals surface area contributed by atoms with Crippen molar-refractivity contribution >= 4 is 40.3 Å². The molecule has 1 amide bonds. The van der Waals surface area contributed by atoms with Gasteiger partial charge in [0.1, 0.15) is 0 Å². The van der Waals surface area contributed by atoms with Gasteiger partial charge < -0.3 is 15.1 Å². The molecule has 0 unspecified atom stereocenters. The van der Waals surface area contributed by atoms with E-state index in [1.165, 1.54) is 0 Å². The number of hydrogen-bond acceptors (Lipinski definition) is 4. The van der Waals surface area contributed by atoms with E-state index in [0.29, 0.717) is 6.42 Å². The first-order chi connectivity index (χ1) is 14.6. The Kier molecular flexibility index (Phi) is 6.14. The number of aromatic nitrogens is 2. The molecule has 3 aromatic rings. The van der Waals surface area contributed by atoms with Gasteiger partial charge in [0, 0.05) is 38.0 Å². The molecule has 2 aromatic carbocycles. The lowest BCUT2D eigenvalue weighted by Gasteiger charge is -2.35. The average molecular weight is 404 g/mol. The summed E-state index contributed by atoms with van der Waals surface area (Å²) in [5.41, 5.74) is 4.89. The first-order valence-corrected chi connectivity index (χ1v) is 10.6. The summed E-state index contributed by atoms with van der Waals surface area (Å²) < 4.78 is 0. The summed E-state index contributed by atoms with van der Waals surface area (Å²) in [6.45, 7) is 5.91. The van der Waals surface area contributed by atoms with Crippen molar-refractivity contribution in [2.24, 2.45) is 0 Å². The van der Waals surface area contributed by atoms with Crippen LogP contribution in [0.25, 0.3) is 23.1 Å². The molecule has 1 aliphatic rings. The smallest absolute Gasteiger partial charge is 0.224 e. The van der Waals surface area contributed by atoms with Gasteiger partial charge in [0.05, 0.1) is 22.6 Å². The molecule has 6 nitrogen and oxygen atoms in total. The number of aromatic amines is 1. The fourth-order valence-corrected chi connectivity index (χ4v) is 3.79. The van der Waals surface area contributed by atoms with Crippen molar-refractivity contribution in [3.05, 3.63) is 53.7 Å². The molecule has 4 rings (SSSR count). The maximum Gasteiger partial charge on any atom is 0.224 e. The Balaban J connectivity index is 1.70. The van der Waals surface area contributed by atoms with Crippen LogP contribution in [0.5, 0.6) is 0 Å². The highest BCUT2D eigenvalue weighted by Crippen LogP contribution is 2.33. The van der Waals surface area contributed by atoms with Crippen LogP contribution in [-0.4, -0.2) is 54.2 Å². The zero-order valence-electron chi connectivity index (χ0n) is 17.7. The van der Waals surface area contributed by atoms with Gasteiger partial charge in [-0.15, -0.1) is 0 Å². The Hall–Kier alpha value is -3.12. The minimum atomic E-state index is 0.0529. The first-order valence-electron chi connectivity index (χ1n) is 10.6. The summed E-state index contributed by atoms with van der Waals surface area (Å²) in [5, 5.41) is 11.8. The van der Waals surface area contributed by atoms with Gasteiger partial charge in [-0.1, -0.05) is 43.3 Å². The monoisotopic (exact) mass is 403 g/mol. The summed E-state index contributed by atoms with van der Waals surface area (Å²) >= 11 is 0. The van der Waals surface area contributed by atoms with Gasteiger partial charge in [0.2, 0.25) is 5.91 Å². The van der Waals surface area contributed by atoms with E-state index in [2.05, 4.69) is 62.7 Å². The summed E-state index contributed by atoms with van der Waals surface area (Å²) in [4.78, 5) is 17.1. The van der Waals surface area contributed by atoms with E-state index in [0.717, 1.165) is 66.1 Å². The van der Waals surface area contributed by atoms with Gasteiger partial charge in [0.25, 0.3) is 0 Å². The number of fused-ring (bicyclic) bond motifs is 1. The summed E-state index contributed by atoms with van der Waals surface area (Å²) in [5.74, 6) is 0.0529. The Labute approximate surface area is 177 Å². The second-order valence-electron chi connectivity index (χ2n) is 7.86. The number of benzene rings is 2. The number of carbonyl (C=O) groups excluding carboxylic acids is 1. The molecule has 1 fully saturated rings. The molecular formula is C24H29N5O. The normalized spacial score (nSPS) is 15.2. The fraction of sp³-hybridized carbons (Fsp3) is 0.333. The number of anilines is 2. The van der Waals surface area contributed by atoms with Crippen LogP contribution in [-0.2, 0) is 4.79 Å². The highest BCUT2D eigenvalue weighted by atomic mass is 16.1. The van der Waals surface area contributed by atoms with Gasteiger partial charge in [-0.3, -0.25) is 9.89 Å². The molecule has 0 aliphatic carbocycles. The summed E-state index contributed by atoms with van der Waals surface area (Å²) in [6.07, 6.45) is 5.42. The quantitative estimate of drug-likeness (QED) is 0.647. The highest BCUT2D eigenvalue weighted by Gasteiger charge is 2.20. The Bertz CT molecular complexity index is 1030. The molecule has 0 bridgehead atoms. The number of hydrogen-bond donors (Lipinski definition) is 2. The lowest BCUT2D eigenvalue weighted by atomic mass is 10.1. The average Bonchev–Trinajstić information content (AvgIpc) is 3.15. The minimum Gasteiger partial charge on any atom is -0.367 e.